The van der Waals surface area contributed by atoms with Crippen LogP contribution in [0.4, 0.5) is 14.3 Å². The average molecular weight is 406 g/mol. The molecule has 1 aromatic heterocycles. The van der Waals surface area contributed by atoms with Crippen LogP contribution in [0.15, 0.2) is 24.4 Å². The first-order valence-electron chi connectivity index (χ1n) is 7.16. The lowest BCUT2D eigenvalue weighted by Crippen LogP contribution is -2.36. The summed E-state index contributed by atoms with van der Waals surface area (Å²) < 4.78 is 28.3. The zero-order valence-corrected chi connectivity index (χ0v) is 16.1. The number of benzene rings is 1. The van der Waals surface area contributed by atoms with Gasteiger partial charge >= 0.3 is 6.09 Å². The summed E-state index contributed by atoms with van der Waals surface area (Å²) in [5.41, 5.74) is 0.520. The van der Waals surface area contributed by atoms with Crippen molar-refractivity contribution in [2.45, 2.75) is 31.6 Å². The van der Waals surface area contributed by atoms with E-state index in [-0.39, 0.29) is 10.2 Å². The number of thiazole rings is 1. The van der Waals surface area contributed by atoms with Gasteiger partial charge in [-0.15, -0.1) is 0 Å². The van der Waals surface area contributed by atoms with Crippen LogP contribution in [0.3, 0.4) is 0 Å². The summed E-state index contributed by atoms with van der Waals surface area (Å²) in [5.74, 6) is -0.484. The highest BCUT2D eigenvalue weighted by molar-refractivity contribution is 7.84. The molecule has 0 aliphatic heterocycles. The maximum atomic E-state index is 13.4. The van der Waals surface area contributed by atoms with Gasteiger partial charge < -0.3 is 5.11 Å². The maximum Gasteiger partial charge on any atom is 0.410 e. The van der Waals surface area contributed by atoms with Gasteiger partial charge in [-0.25, -0.2) is 23.1 Å². The predicted octanol–water partition coefficient (Wildman–Crippen LogP) is 4.17. The first-order valence-corrected chi connectivity index (χ1v) is 9.51. The monoisotopic (exact) mass is 405 g/mol. The molecule has 0 spiro atoms. The van der Waals surface area contributed by atoms with Gasteiger partial charge in [0.1, 0.15) is 5.82 Å². The molecule has 25 heavy (non-hydrogen) atoms. The van der Waals surface area contributed by atoms with Crippen LogP contribution in [-0.2, 0) is 11.0 Å². The van der Waals surface area contributed by atoms with Gasteiger partial charge in [-0.1, -0.05) is 29.0 Å². The number of halogens is 2. The molecule has 0 saturated heterocycles. The van der Waals surface area contributed by atoms with E-state index in [0.717, 1.165) is 11.3 Å². The van der Waals surface area contributed by atoms with Crippen molar-refractivity contribution in [3.05, 3.63) is 45.7 Å². The Labute approximate surface area is 156 Å². The number of carbonyl (C=O) groups is 1. The van der Waals surface area contributed by atoms with Crippen LogP contribution in [0.25, 0.3) is 0 Å². The second kappa shape index (κ2) is 7.77. The van der Waals surface area contributed by atoms with Gasteiger partial charge in [-0.2, -0.15) is 0 Å². The van der Waals surface area contributed by atoms with Gasteiger partial charge in [0, 0.05) is 16.1 Å². The van der Waals surface area contributed by atoms with Crippen molar-refractivity contribution >= 4 is 45.1 Å². The molecule has 1 amide bonds. The number of aromatic nitrogens is 1. The first-order chi connectivity index (χ1) is 11.6. The number of hydrogen-bond donors (Lipinski definition) is 3. The zero-order valence-electron chi connectivity index (χ0n) is 13.7. The van der Waals surface area contributed by atoms with E-state index in [1.165, 1.54) is 24.4 Å². The summed E-state index contributed by atoms with van der Waals surface area (Å²) in [6.45, 7) is 5.43. The van der Waals surface area contributed by atoms with Crippen LogP contribution in [-0.4, -0.2) is 25.1 Å². The fourth-order valence-corrected chi connectivity index (χ4v) is 3.91. The van der Waals surface area contributed by atoms with Crippen molar-refractivity contribution in [2.75, 3.05) is 5.32 Å². The van der Waals surface area contributed by atoms with E-state index in [4.69, 9.17) is 16.7 Å². The molecule has 136 valence electrons. The molecule has 0 saturated carbocycles. The Bertz CT molecular complexity index is 808. The van der Waals surface area contributed by atoms with Crippen LogP contribution < -0.4 is 10.0 Å². The van der Waals surface area contributed by atoms with E-state index in [1.807, 2.05) is 20.8 Å². The van der Waals surface area contributed by atoms with Gasteiger partial charge in [0.25, 0.3) is 0 Å². The fraction of sp³-hybridized carbons (Fsp3) is 0.333. The van der Waals surface area contributed by atoms with Gasteiger partial charge in [-0.3, -0.25) is 5.32 Å². The lowest BCUT2D eigenvalue weighted by atomic mass is 10.1. The highest BCUT2D eigenvalue weighted by atomic mass is 35.5. The van der Waals surface area contributed by atoms with Crippen LogP contribution in [0.2, 0.25) is 5.02 Å². The van der Waals surface area contributed by atoms with E-state index < -0.39 is 33.7 Å². The summed E-state index contributed by atoms with van der Waals surface area (Å²) in [6, 6.07) is 3.30. The third-order valence-electron chi connectivity index (χ3n) is 3.08. The van der Waals surface area contributed by atoms with E-state index in [0.29, 0.717) is 10.4 Å². The minimum absolute atomic E-state index is 0.171. The maximum absolute atomic E-state index is 13.4. The molecule has 0 bridgehead atoms. The second-order valence-electron chi connectivity index (χ2n) is 6.10. The molecule has 10 heteroatoms. The molecule has 0 fully saturated rings. The Hall–Kier alpha value is -1.55. The SMILES string of the molecule is CC(C)(C)S(=O)NC(c1cnc(NC(=O)O)s1)c1ccc(F)cc1Cl. The number of anilines is 1. The van der Waals surface area contributed by atoms with Crippen molar-refractivity contribution < 1.29 is 18.5 Å². The van der Waals surface area contributed by atoms with Crippen LogP contribution in [0.5, 0.6) is 0 Å². The quantitative estimate of drug-likeness (QED) is 0.696. The third kappa shape index (κ3) is 5.21. The third-order valence-corrected chi connectivity index (χ3v) is 5.94. The molecule has 2 aromatic rings. The molecule has 6 nitrogen and oxygen atoms in total. The molecule has 1 heterocycles. The predicted molar refractivity (Wildman–Crippen MR) is 98.0 cm³/mol. The summed E-state index contributed by atoms with van der Waals surface area (Å²) >= 11 is 7.24. The highest BCUT2D eigenvalue weighted by Crippen LogP contribution is 2.34. The van der Waals surface area contributed by atoms with E-state index in [1.54, 1.807) is 0 Å². The molecular weight excluding hydrogens is 389 g/mol. The van der Waals surface area contributed by atoms with Gasteiger partial charge in [0.2, 0.25) is 0 Å². The van der Waals surface area contributed by atoms with E-state index >= 15 is 0 Å². The van der Waals surface area contributed by atoms with E-state index in [9.17, 15) is 13.4 Å². The zero-order chi connectivity index (χ0) is 18.8. The molecule has 2 rings (SSSR count). The Morgan fingerprint density at radius 2 is 2.12 bits per heavy atom. The topological polar surface area (TPSA) is 91.3 Å². The van der Waals surface area contributed by atoms with Crippen molar-refractivity contribution in [1.82, 2.24) is 9.71 Å². The average Bonchev–Trinajstić information content (AvgIpc) is 2.91. The number of rotatable bonds is 5. The Morgan fingerprint density at radius 3 is 2.68 bits per heavy atom. The minimum atomic E-state index is -1.44. The van der Waals surface area contributed by atoms with Gasteiger partial charge in [0.05, 0.1) is 21.8 Å². The molecule has 0 aliphatic carbocycles. The van der Waals surface area contributed by atoms with Crippen LogP contribution >= 0.6 is 22.9 Å². The first kappa shape index (κ1) is 19.8. The summed E-state index contributed by atoms with van der Waals surface area (Å²) in [6.07, 6.45) is 0.233. The van der Waals surface area contributed by atoms with E-state index in [2.05, 4.69) is 15.0 Å². The Kier molecular flexibility index (Phi) is 6.15. The summed E-state index contributed by atoms with van der Waals surface area (Å²) in [4.78, 5) is 15.3. The lowest BCUT2D eigenvalue weighted by molar-refractivity contribution is 0.209. The van der Waals surface area contributed by atoms with Gasteiger partial charge in [-0.05, 0) is 38.5 Å². The Balaban J connectivity index is 2.43. The number of amides is 1. The van der Waals surface area contributed by atoms with Crippen molar-refractivity contribution in [2.24, 2.45) is 0 Å². The largest absolute Gasteiger partial charge is 0.465 e. The standard InChI is InChI=1S/C15H17ClFN3O3S2/c1-15(2,3)25(23)20-12(9-5-4-8(17)6-10(9)16)11-7-18-13(24-11)19-14(21)22/h4-7,12,20H,1-3H3,(H,18,19)(H,21,22). The summed E-state index contributed by atoms with van der Waals surface area (Å²) in [5, 5.41) is 11.3. The lowest BCUT2D eigenvalue weighted by Gasteiger charge is -2.24. The molecule has 0 aliphatic rings. The number of hydrogen-bond acceptors (Lipinski definition) is 4. The normalized spacial score (nSPS) is 14.1. The molecular formula is C15H17ClFN3O3S2. The minimum Gasteiger partial charge on any atom is -0.465 e. The summed E-state index contributed by atoms with van der Waals surface area (Å²) in [7, 11) is -1.44. The fourth-order valence-electron chi connectivity index (χ4n) is 1.86. The number of carboxylic acid groups (broad SMARTS) is 1. The van der Waals surface area contributed by atoms with Crippen LogP contribution in [0, 0.1) is 5.82 Å². The van der Waals surface area contributed by atoms with Crippen molar-refractivity contribution in [1.29, 1.82) is 0 Å². The molecule has 0 radical (unpaired) electrons. The molecule has 2 atom stereocenters. The Morgan fingerprint density at radius 1 is 1.44 bits per heavy atom. The molecule has 3 N–H and O–H groups in total. The van der Waals surface area contributed by atoms with Gasteiger partial charge in [0.15, 0.2) is 5.13 Å². The van der Waals surface area contributed by atoms with Crippen molar-refractivity contribution in [3.8, 4) is 0 Å². The molecule has 1 aromatic carbocycles. The second-order valence-corrected chi connectivity index (χ2v) is 9.56. The van der Waals surface area contributed by atoms with Crippen LogP contribution in [0.1, 0.15) is 37.3 Å². The smallest absolute Gasteiger partial charge is 0.410 e. The van der Waals surface area contributed by atoms with Crippen molar-refractivity contribution in [3.63, 3.8) is 0 Å². The molecule has 2 unspecified atom stereocenters. The highest BCUT2D eigenvalue weighted by Gasteiger charge is 2.27. The number of nitrogens with one attached hydrogen (secondary N) is 2. The number of nitrogens with zero attached hydrogens (tertiary/aromatic N) is 1.